The largest absolute Gasteiger partial charge is 0.445 e. The van der Waals surface area contributed by atoms with E-state index in [1.807, 2.05) is 74.5 Å². The van der Waals surface area contributed by atoms with Crippen LogP contribution < -0.4 is 16.0 Å². The smallest absolute Gasteiger partial charge is 0.408 e. The minimum Gasteiger partial charge on any atom is -0.445 e. The number of hydrogen-bond acceptors (Lipinski definition) is 6. The van der Waals surface area contributed by atoms with E-state index in [1.165, 1.54) is 0 Å². The Kier molecular flexibility index (Phi) is 13.1. The molecule has 0 aliphatic heterocycles. The van der Waals surface area contributed by atoms with Gasteiger partial charge in [-0.25, -0.2) is 9.59 Å². The van der Waals surface area contributed by atoms with Gasteiger partial charge in [-0.15, -0.1) is 0 Å². The summed E-state index contributed by atoms with van der Waals surface area (Å²) >= 11 is 0. The Balaban J connectivity index is 1.70. The summed E-state index contributed by atoms with van der Waals surface area (Å²) < 4.78 is 10.4. The molecule has 0 bridgehead atoms. The molecule has 198 valence electrons. The van der Waals surface area contributed by atoms with Crippen molar-refractivity contribution in [1.29, 1.82) is 5.26 Å². The predicted molar refractivity (Wildman–Crippen MR) is 139 cm³/mol. The molecule has 0 aliphatic carbocycles. The van der Waals surface area contributed by atoms with E-state index in [0.29, 0.717) is 32.2 Å². The standard InChI is InChI=1S/C28H36N4O5/c1-21(2)17-25(32-28(35)37-20-23-13-7-4-8-14-23)26(33)31-24(18-29)15-9-10-16-30-27(34)36-19-22-11-5-3-6-12-22/h3-8,11-14,21,24-25H,9-10,15-17,19-20H2,1-2H3,(H,30,34)(H,31,33)(H,32,35)/t24-,25-/m0/s1. The third-order valence-corrected chi connectivity index (χ3v) is 5.40. The molecule has 0 saturated carbocycles. The zero-order chi connectivity index (χ0) is 26.9. The van der Waals surface area contributed by atoms with E-state index >= 15 is 0 Å². The second kappa shape index (κ2) is 16.6. The first-order chi connectivity index (χ1) is 17.9. The Morgan fingerprint density at radius 1 is 0.838 bits per heavy atom. The van der Waals surface area contributed by atoms with Gasteiger partial charge in [-0.1, -0.05) is 74.5 Å². The van der Waals surface area contributed by atoms with Crippen molar-refractivity contribution in [3.05, 3.63) is 71.8 Å². The van der Waals surface area contributed by atoms with Crippen molar-refractivity contribution in [2.75, 3.05) is 6.54 Å². The molecule has 0 saturated heterocycles. The molecule has 2 aromatic rings. The maximum absolute atomic E-state index is 12.8. The van der Waals surface area contributed by atoms with Crippen LogP contribution in [0.2, 0.25) is 0 Å². The molecule has 0 spiro atoms. The van der Waals surface area contributed by atoms with Gasteiger partial charge < -0.3 is 25.4 Å². The average molecular weight is 509 g/mol. The number of hydrogen-bond donors (Lipinski definition) is 3. The number of unbranched alkanes of at least 4 members (excludes halogenated alkanes) is 1. The number of nitrogens with zero attached hydrogens (tertiary/aromatic N) is 1. The first kappa shape index (κ1) is 29.2. The molecule has 0 radical (unpaired) electrons. The summed E-state index contributed by atoms with van der Waals surface area (Å²) in [6.07, 6.45) is 0.849. The number of nitriles is 1. The van der Waals surface area contributed by atoms with Gasteiger partial charge in [-0.2, -0.15) is 5.26 Å². The lowest BCUT2D eigenvalue weighted by Crippen LogP contribution is -2.50. The highest BCUT2D eigenvalue weighted by molar-refractivity contribution is 5.86. The Bertz CT molecular complexity index is 1010. The van der Waals surface area contributed by atoms with Gasteiger partial charge in [0.25, 0.3) is 0 Å². The molecule has 0 heterocycles. The maximum atomic E-state index is 12.8. The zero-order valence-corrected chi connectivity index (χ0v) is 21.4. The van der Waals surface area contributed by atoms with Crippen molar-refractivity contribution in [1.82, 2.24) is 16.0 Å². The summed E-state index contributed by atoms with van der Waals surface area (Å²) in [4.78, 5) is 36.9. The number of nitrogens with one attached hydrogen (secondary N) is 3. The number of rotatable bonds is 14. The normalized spacial score (nSPS) is 12.1. The average Bonchev–Trinajstić information content (AvgIpc) is 2.90. The number of carbonyl (C=O) groups excluding carboxylic acids is 3. The topological polar surface area (TPSA) is 130 Å². The number of benzene rings is 2. The predicted octanol–water partition coefficient (Wildman–Crippen LogP) is 4.43. The summed E-state index contributed by atoms with van der Waals surface area (Å²) in [6, 6.07) is 19.2. The lowest BCUT2D eigenvalue weighted by molar-refractivity contribution is -0.123. The van der Waals surface area contributed by atoms with Gasteiger partial charge in [0.05, 0.1) is 6.07 Å². The molecular weight excluding hydrogens is 472 g/mol. The van der Waals surface area contributed by atoms with Crippen molar-refractivity contribution in [3.8, 4) is 6.07 Å². The van der Waals surface area contributed by atoms with Crippen LogP contribution in [0.5, 0.6) is 0 Å². The molecule has 2 atom stereocenters. The summed E-state index contributed by atoms with van der Waals surface area (Å²) in [7, 11) is 0. The molecule has 0 unspecified atom stereocenters. The fourth-order valence-electron chi connectivity index (χ4n) is 3.49. The molecule has 0 fully saturated rings. The van der Waals surface area contributed by atoms with Crippen LogP contribution in [0.4, 0.5) is 9.59 Å². The van der Waals surface area contributed by atoms with Crippen LogP contribution in [0.1, 0.15) is 50.7 Å². The highest BCUT2D eigenvalue weighted by Crippen LogP contribution is 2.08. The number of alkyl carbamates (subject to hydrolysis) is 2. The molecule has 0 aromatic heterocycles. The third-order valence-electron chi connectivity index (χ3n) is 5.40. The van der Waals surface area contributed by atoms with Crippen LogP contribution >= 0.6 is 0 Å². The van der Waals surface area contributed by atoms with Crippen LogP contribution in [0.15, 0.2) is 60.7 Å². The molecular formula is C28H36N4O5. The van der Waals surface area contributed by atoms with Gasteiger partial charge in [-0.3, -0.25) is 4.79 Å². The zero-order valence-electron chi connectivity index (χ0n) is 21.4. The second-order valence-corrected chi connectivity index (χ2v) is 9.06. The number of carbonyl (C=O) groups is 3. The minimum atomic E-state index is -0.819. The van der Waals surface area contributed by atoms with Crippen molar-refractivity contribution in [3.63, 3.8) is 0 Å². The van der Waals surface area contributed by atoms with E-state index in [9.17, 15) is 19.6 Å². The molecule has 2 rings (SSSR count). The van der Waals surface area contributed by atoms with E-state index < -0.39 is 30.2 Å². The second-order valence-electron chi connectivity index (χ2n) is 9.06. The maximum Gasteiger partial charge on any atom is 0.408 e. The molecule has 3 N–H and O–H groups in total. The number of amides is 3. The molecule has 9 nitrogen and oxygen atoms in total. The van der Waals surface area contributed by atoms with Gasteiger partial charge in [0.15, 0.2) is 0 Å². The van der Waals surface area contributed by atoms with Crippen LogP contribution in [-0.4, -0.2) is 36.7 Å². The first-order valence-corrected chi connectivity index (χ1v) is 12.5. The van der Waals surface area contributed by atoms with Crippen LogP contribution in [0, 0.1) is 17.2 Å². The van der Waals surface area contributed by atoms with E-state index in [4.69, 9.17) is 9.47 Å². The van der Waals surface area contributed by atoms with Crippen LogP contribution in [0.25, 0.3) is 0 Å². The molecule has 37 heavy (non-hydrogen) atoms. The Hall–Kier alpha value is -4.06. The fraction of sp³-hybridized carbons (Fsp3) is 0.429. The van der Waals surface area contributed by atoms with E-state index in [2.05, 4.69) is 22.0 Å². The molecule has 2 aromatic carbocycles. The Morgan fingerprint density at radius 3 is 1.95 bits per heavy atom. The first-order valence-electron chi connectivity index (χ1n) is 12.5. The van der Waals surface area contributed by atoms with Gasteiger partial charge in [0.1, 0.15) is 25.3 Å². The van der Waals surface area contributed by atoms with E-state index in [-0.39, 0.29) is 19.1 Å². The lowest BCUT2D eigenvalue weighted by atomic mass is 10.0. The van der Waals surface area contributed by atoms with Crippen molar-refractivity contribution in [2.24, 2.45) is 5.92 Å². The van der Waals surface area contributed by atoms with E-state index in [1.54, 1.807) is 0 Å². The van der Waals surface area contributed by atoms with E-state index in [0.717, 1.165) is 11.1 Å². The van der Waals surface area contributed by atoms with Gasteiger partial charge >= 0.3 is 12.2 Å². The van der Waals surface area contributed by atoms with Gasteiger partial charge in [0.2, 0.25) is 5.91 Å². The van der Waals surface area contributed by atoms with Gasteiger partial charge in [-0.05, 0) is 42.7 Å². The van der Waals surface area contributed by atoms with Crippen molar-refractivity contribution >= 4 is 18.1 Å². The quantitative estimate of drug-likeness (QED) is 0.324. The summed E-state index contributed by atoms with van der Waals surface area (Å²) in [5.41, 5.74) is 1.74. The molecule has 0 aliphatic rings. The fourth-order valence-corrected chi connectivity index (χ4v) is 3.49. The molecule has 9 heteroatoms. The minimum absolute atomic E-state index is 0.0946. The monoisotopic (exact) mass is 508 g/mol. The Labute approximate surface area is 218 Å². The third kappa shape index (κ3) is 12.5. The SMILES string of the molecule is CC(C)C[C@H](NC(=O)OCc1ccccc1)C(=O)N[C@H](C#N)CCCCNC(=O)OCc1ccccc1. The highest BCUT2D eigenvalue weighted by atomic mass is 16.6. The van der Waals surface area contributed by atoms with Crippen molar-refractivity contribution < 1.29 is 23.9 Å². The molecule has 3 amide bonds. The highest BCUT2D eigenvalue weighted by Gasteiger charge is 2.24. The number of ether oxygens (including phenoxy) is 2. The summed E-state index contributed by atoms with van der Waals surface area (Å²) in [5, 5.41) is 17.5. The Morgan fingerprint density at radius 2 is 1.41 bits per heavy atom. The summed E-state index contributed by atoms with van der Waals surface area (Å²) in [6.45, 7) is 4.57. The van der Waals surface area contributed by atoms with Crippen LogP contribution in [-0.2, 0) is 27.5 Å². The van der Waals surface area contributed by atoms with Crippen LogP contribution in [0.3, 0.4) is 0 Å². The summed E-state index contributed by atoms with van der Waals surface area (Å²) in [5.74, 6) is -0.294. The lowest BCUT2D eigenvalue weighted by Gasteiger charge is -2.21. The van der Waals surface area contributed by atoms with Gasteiger partial charge in [0, 0.05) is 6.54 Å². The van der Waals surface area contributed by atoms with Crippen molar-refractivity contribution in [2.45, 2.75) is 64.8 Å².